The van der Waals surface area contributed by atoms with Crippen LogP contribution in [0.1, 0.15) is 46.5 Å². The van der Waals surface area contributed by atoms with E-state index in [9.17, 15) is 4.79 Å². The number of rotatable bonds is 3. The highest BCUT2D eigenvalue weighted by molar-refractivity contribution is 5.76. The molecule has 1 rings (SSSR count). The maximum Gasteiger partial charge on any atom is 0.220 e. The Hall–Kier alpha value is -0.790. The van der Waals surface area contributed by atoms with Crippen LogP contribution in [-0.4, -0.2) is 11.9 Å². The molecule has 1 N–H and O–H groups in total. The lowest BCUT2D eigenvalue weighted by Crippen LogP contribution is -2.33. The fraction of sp³-hybridized carbons (Fsp3) is 0.750. The van der Waals surface area contributed by atoms with E-state index in [4.69, 9.17) is 0 Å². The molecule has 0 aliphatic heterocycles. The number of allylic oxidation sites excluding steroid dienone is 1. The molecule has 0 heterocycles. The summed E-state index contributed by atoms with van der Waals surface area (Å²) >= 11 is 0. The van der Waals surface area contributed by atoms with Gasteiger partial charge in [0.15, 0.2) is 0 Å². The largest absolute Gasteiger partial charge is 0.350 e. The molecule has 1 fully saturated rings. The number of carbonyl (C=O) groups excluding carboxylic acids is 1. The van der Waals surface area contributed by atoms with Crippen LogP contribution >= 0.6 is 0 Å². The van der Waals surface area contributed by atoms with E-state index < -0.39 is 0 Å². The molecule has 14 heavy (non-hydrogen) atoms. The maximum absolute atomic E-state index is 11.3. The molecule has 0 bridgehead atoms. The van der Waals surface area contributed by atoms with Crippen LogP contribution in [0.5, 0.6) is 0 Å². The van der Waals surface area contributed by atoms with E-state index in [0.717, 1.165) is 12.3 Å². The van der Waals surface area contributed by atoms with Gasteiger partial charge in [0, 0.05) is 6.42 Å². The molecule has 1 saturated carbocycles. The highest BCUT2D eigenvalue weighted by Gasteiger charge is 2.28. The molecular formula is C12H21NO. The zero-order chi connectivity index (χ0) is 10.6. The van der Waals surface area contributed by atoms with Gasteiger partial charge < -0.3 is 5.32 Å². The third-order valence-corrected chi connectivity index (χ3v) is 3.15. The van der Waals surface area contributed by atoms with Crippen LogP contribution in [0.2, 0.25) is 0 Å². The minimum atomic E-state index is 0.172. The summed E-state index contributed by atoms with van der Waals surface area (Å²) in [7, 11) is 0. The monoisotopic (exact) mass is 195 g/mol. The second-order valence-corrected chi connectivity index (χ2v) is 4.05. The predicted octanol–water partition coefficient (Wildman–Crippen LogP) is 2.65. The van der Waals surface area contributed by atoms with Crippen molar-refractivity contribution in [2.45, 2.75) is 52.5 Å². The summed E-state index contributed by atoms with van der Waals surface area (Å²) in [4.78, 5) is 11.3. The molecule has 1 aliphatic carbocycles. The van der Waals surface area contributed by atoms with Gasteiger partial charge in [0.25, 0.3) is 0 Å². The van der Waals surface area contributed by atoms with Gasteiger partial charge in [-0.25, -0.2) is 0 Å². The number of carbonyl (C=O) groups is 1. The van der Waals surface area contributed by atoms with Crippen molar-refractivity contribution in [2.75, 3.05) is 0 Å². The highest BCUT2D eigenvalue weighted by Crippen LogP contribution is 2.32. The van der Waals surface area contributed by atoms with Gasteiger partial charge in [-0.1, -0.05) is 31.9 Å². The topological polar surface area (TPSA) is 29.1 Å². The first-order valence-electron chi connectivity index (χ1n) is 5.65. The molecular weight excluding hydrogens is 174 g/mol. The van der Waals surface area contributed by atoms with Gasteiger partial charge in [-0.15, -0.1) is 0 Å². The van der Waals surface area contributed by atoms with E-state index in [0.29, 0.717) is 12.5 Å². The molecule has 0 aromatic carbocycles. The fourth-order valence-corrected chi connectivity index (χ4v) is 2.12. The lowest BCUT2D eigenvalue weighted by Gasteiger charge is -2.13. The summed E-state index contributed by atoms with van der Waals surface area (Å²) in [5.74, 6) is 0.939. The van der Waals surface area contributed by atoms with E-state index in [-0.39, 0.29) is 5.91 Å². The quantitative estimate of drug-likeness (QED) is 0.689. The number of amides is 1. The van der Waals surface area contributed by atoms with Crippen molar-refractivity contribution in [1.29, 1.82) is 0 Å². The molecule has 0 saturated heterocycles. The van der Waals surface area contributed by atoms with Crippen LogP contribution in [0.3, 0.4) is 0 Å². The van der Waals surface area contributed by atoms with Crippen molar-refractivity contribution >= 4 is 5.91 Å². The summed E-state index contributed by atoms with van der Waals surface area (Å²) < 4.78 is 0. The van der Waals surface area contributed by atoms with Crippen LogP contribution in [0, 0.1) is 5.92 Å². The lowest BCUT2D eigenvalue weighted by molar-refractivity contribution is -0.121. The molecule has 2 atom stereocenters. The van der Waals surface area contributed by atoms with E-state index in [1.807, 2.05) is 6.92 Å². The van der Waals surface area contributed by atoms with Crippen LogP contribution < -0.4 is 5.32 Å². The van der Waals surface area contributed by atoms with Gasteiger partial charge in [0.1, 0.15) is 0 Å². The molecule has 0 aromatic rings. The predicted molar refractivity (Wildman–Crippen MR) is 59.0 cm³/mol. The number of hydrogen-bond acceptors (Lipinski definition) is 1. The first kappa shape index (κ1) is 11.3. The highest BCUT2D eigenvalue weighted by atomic mass is 16.1. The van der Waals surface area contributed by atoms with Gasteiger partial charge in [-0.05, 0) is 25.7 Å². The standard InChI is InChI=1S/C12H21NO/c1-4-9-7-10(5-2)11(8-9)13-12(14)6-3/h5,9,11H,4,6-8H2,1-3H3,(H,13,14)/b10-5+/t9?,11-/m0/s1. The molecule has 2 nitrogen and oxygen atoms in total. The average Bonchev–Trinajstić information content (AvgIpc) is 2.60. The second kappa shape index (κ2) is 5.18. The molecule has 1 aliphatic rings. The van der Waals surface area contributed by atoms with Crippen molar-refractivity contribution in [3.63, 3.8) is 0 Å². The zero-order valence-electron chi connectivity index (χ0n) is 9.47. The second-order valence-electron chi connectivity index (χ2n) is 4.05. The van der Waals surface area contributed by atoms with E-state index >= 15 is 0 Å². The maximum atomic E-state index is 11.3. The summed E-state index contributed by atoms with van der Waals surface area (Å²) in [5.41, 5.74) is 1.42. The Bertz CT molecular complexity index is 232. The molecule has 0 spiro atoms. The molecule has 1 unspecified atom stereocenters. The van der Waals surface area contributed by atoms with Gasteiger partial charge in [0.05, 0.1) is 6.04 Å². The Morgan fingerprint density at radius 3 is 2.79 bits per heavy atom. The Labute approximate surface area is 86.8 Å². The SMILES string of the molecule is C/C=C1\CC(CC)C[C@@H]1NC(=O)CC. The Morgan fingerprint density at radius 1 is 1.57 bits per heavy atom. The third-order valence-electron chi connectivity index (χ3n) is 3.15. The summed E-state index contributed by atoms with van der Waals surface area (Å²) in [6.07, 6.45) is 6.26. The molecule has 80 valence electrons. The van der Waals surface area contributed by atoms with Gasteiger partial charge in [-0.2, -0.15) is 0 Å². The van der Waals surface area contributed by atoms with Crippen LogP contribution in [0.4, 0.5) is 0 Å². The minimum absolute atomic E-state index is 0.172. The van der Waals surface area contributed by atoms with Crippen molar-refractivity contribution in [2.24, 2.45) is 5.92 Å². The average molecular weight is 195 g/mol. The van der Waals surface area contributed by atoms with Crippen LogP contribution in [-0.2, 0) is 4.79 Å². The Kier molecular flexibility index (Phi) is 4.18. The first-order valence-corrected chi connectivity index (χ1v) is 5.65. The van der Waals surface area contributed by atoms with E-state index in [2.05, 4.69) is 25.2 Å². The smallest absolute Gasteiger partial charge is 0.220 e. The lowest BCUT2D eigenvalue weighted by atomic mass is 10.1. The van der Waals surface area contributed by atoms with Crippen LogP contribution in [0.15, 0.2) is 11.6 Å². The van der Waals surface area contributed by atoms with E-state index in [1.165, 1.54) is 18.4 Å². The van der Waals surface area contributed by atoms with Crippen molar-refractivity contribution in [3.05, 3.63) is 11.6 Å². The van der Waals surface area contributed by atoms with Gasteiger partial charge in [-0.3, -0.25) is 4.79 Å². The van der Waals surface area contributed by atoms with Gasteiger partial charge in [0.2, 0.25) is 5.91 Å². The molecule has 1 amide bonds. The normalized spacial score (nSPS) is 29.5. The Morgan fingerprint density at radius 2 is 2.29 bits per heavy atom. The number of nitrogens with one attached hydrogen (secondary N) is 1. The fourth-order valence-electron chi connectivity index (χ4n) is 2.12. The van der Waals surface area contributed by atoms with Crippen LogP contribution in [0.25, 0.3) is 0 Å². The molecule has 0 aromatic heterocycles. The van der Waals surface area contributed by atoms with Crippen molar-refractivity contribution < 1.29 is 4.79 Å². The molecule has 2 heteroatoms. The van der Waals surface area contributed by atoms with E-state index in [1.54, 1.807) is 0 Å². The number of hydrogen-bond donors (Lipinski definition) is 1. The van der Waals surface area contributed by atoms with Crippen molar-refractivity contribution in [3.8, 4) is 0 Å². The zero-order valence-corrected chi connectivity index (χ0v) is 9.47. The first-order chi connectivity index (χ1) is 6.71. The summed E-state index contributed by atoms with van der Waals surface area (Å²) in [5, 5.41) is 3.09. The van der Waals surface area contributed by atoms with Gasteiger partial charge >= 0.3 is 0 Å². The minimum Gasteiger partial charge on any atom is -0.350 e. The molecule has 0 radical (unpaired) electrons. The Balaban J connectivity index is 2.55. The summed E-state index contributed by atoms with van der Waals surface area (Å²) in [6, 6.07) is 0.317. The van der Waals surface area contributed by atoms with Crippen molar-refractivity contribution in [1.82, 2.24) is 5.32 Å². The third kappa shape index (κ3) is 2.60. The summed E-state index contributed by atoms with van der Waals surface area (Å²) in [6.45, 7) is 6.19.